The Labute approximate surface area is 129 Å². The number of halogens is 1. The molecule has 2 rings (SSSR count). The lowest BCUT2D eigenvalue weighted by Gasteiger charge is -2.29. The van der Waals surface area contributed by atoms with E-state index in [4.69, 9.17) is 16.7 Å². The molecule has 110 valence electrons. The maximum atomic E-state index is 11.0. The van der Waals surface area contributed by atoms with E-state index in [1.165, 1.54) is 5.56 Å². The predicted octanol–water partition coefficient (Wildman–Crippen LogP) is 4.45. The van der Waals surface area contributed by atoms with E-state index in [1.54, 1.807) is 18.2 Å². The number of carboxylic acids is 1. The van der Waals surface area contributed by atoms with Crippen molar-refractivity contribution >= 4 is 23.3 Å². The van der Waals surface area contributed by atoms with Gasteiger partial charge >= 0.3 is 5.97 Å². The highest BCUT2D eigenvalue weighted by atomic mass is 35.5. The molecule has 2 aromatic rings. The van der Waals surface area contributed by atoms with Crippen molar-refractivity contribution in [3.8, 4) is 0 Å². The van der Waals surface area contributed by atoms with E-state index >= 15 is 0 Å². The molecular weight excluding hydrogens is 286 g/mol. The lowest BCUT2D eigenvalue weighted by Crippen LogP contribution is -2.30. The second kappa shape index (κ2) is 6.64. The number of benzene rings is 2. The molecule has 0 heterocycles. The van der Waals surface area contributed by atoms with Crippen molar-refractivity contribution in [2.45, 2.75) is 26.4 Å². The molecule has 0 radical (unpaired) electrons. The Morgan fingerprint density at radius 3 is 2.38 bits per heavy atom. The van der Waals surface area contributed by atoms with Gasteiger partial charge in [-0.2, -0.15) is 0 Å². The van der Waals surface area contributed by atoms with Gasteiger partial charge in [-0.15, -0.1) is 0 Å². The topological polar surface area (TPSA) is 40.5 Å². The van der Waals surface area contributed by atoms with Crippen molar-refractivity contribution in [1.29, 1.82) is 0 Å². The maximum absolute atomic E-state index is 11.0. The largest absolute Gasteiger partial charge is 0.478 e. The number of carbonyl (C=O) groups is 1. The Morgan fingerprint density at radius 2 is 1.86 bits per heavy atom. The van der Waals surface area contributed by atoms with Crippen LogP contribution >= 0.6 is 11.6 Å². The highest BCUT2D eigenvalue weighted by Gasteiger charge is 2.15. The smallest absolute Gasteiger partial charge is 0.337 e. The monoisotopic (exact) mass is 303 g/mol. The SMILES string of the molecule is CC(C)N(Cc1ccccc1)c1ccc(C(=O)O)c(Cl)c1. The zero-order chi connectivity index (χ0) is 15.4. The summed E-state index contributed by atoms with van der Waals surface area (Å²) in [7, 11) is 0. The third-order valence-electron chi connectivity index (χ3n) is 3.33. The standard InChI is InChI=1S/C17H18ClNO2/c1-12(2)19(11-13-6-4-3-5-7-13)14-8-9-15(17(20)21)16(18)10-14/h3-10,12H,11H2,1-2H3,(H,20,21). The van der Waals surface area contributed by atoms with E-state index in [1.807, 2.05) is 18.2 Å². The van der Waals surface area contributed by atoms with E-state index < -0.39 is 5.97 Å². The first-order valence-corrected chi connectivity index (χ1v) is 7.20. The molecule has 0 aromatic heterocycles. The van der Waals surface area contributed by atoms with Crippen molar-refractivity contribution in [3.05, 3.63) is 64.7 Å². The molecule has 0 amide bonds. The van der Waals surface area contributed by atoms with Crippen LogP contribution in [0.1, 0.15) is 29.8 Å². The summed E-state index contributed by atoms with van der Waals surface area (Å²) in [6, 6.07) is 15.5. The lowest BCUT2D eigenvalue weighted by atomic mass is 10.1. The van der Waals surface area contributed by atoms with Gasteiger partial charge in [-0.25, -0.2) is 4.79 Å². The molecule has 21 heavy (non-hydrogen) atoms. The van der Waals surface area contributed by atoms with Crippen LogP contribution in [0.4, 0.5) is 5.69 Å². The van der Waals surface area contributed by atoms with Crippen molar-refractivity contribution in [1.82, 2.24) is 0 Å². The molecule has 0 saturated carbocycles. The van der Waals surface area contributed by atoms with Gasteiger partial charge in [0.15, 0.2) is 0 Å². The fraction of sp³-hybridized carbons (Fsp3) is 0.235. The first-order chi connectivity index (χ1) is 9.99. The zero-order valence-electron chi connectivity index (χ0n) is 12.1. The highest BCUT2D eigenvalue weighted by molar-refractivity contribution is 6.33. The minimum Gasteiger partial charge on any atom is -0.478 e. The highest BCUT2D eigenvalue weighted by Crippen LogP contribution is 2.26. The Kier molecular flexibility index (Phi) is 4.86. The van der Waals surface area contributed by atoms with E-state index in [2.05, 4.69) is 30.9 Å². The quantitative estimate of drug-likeness (QED) is 0.887. The first-order valence-electron chi connectivity index (χ1n) is 6.82. The van der Waals surface area contributed by atoms with E-state index in [9.17, 15) is 4.79 Å². The van der Waals surface area contributed by atoms with Crippen molar-refractivity contribution < 1.29 is 9.90 Å². The molecule has 1 N–H and O–H groups in total. The number of hydrogen-bond acceptors (Lipinski definition) is 2. The fourth-order valence-corrected chi connectivity index (χ4v) is 2.46. The fourth-order valence-electron chi connectivity index (χ4n) is 2.21. The van der Waals surface area contributed by atoms with E-state index in [0.29, 0.717) is 0 Å². The molecular formula is C17H18ClNO2. The molecule has 0 unspecified atom stereocenters. The molecule has 0 saturated heterocycles. The number of nitrogens with zero attached hydrogens (tertiary/aromatic N) is 1. The summed E-state index contributed by atoms with van der Waals surface area (Å²) in [6.07, 6.45) is 0. The van der Waals surface area contributed by atoms with Gasteiger partial charge in [-0.05, 0) is 37.6 Å². The lowest BCUT2D eigenvalue weighted by molar-refractivity contribution is 0.0697. The Morgan fingerprint density at radius 1 is 1.19 bits per heavy atom. The third-order valence-corrected chi connectivity index (χ3v) is 3.65. The van der Waals surface area contributed by atoms with Crippen molar-refractivity contribution in [3.63, 3.8) is 0 Å². The van der Waals surface area contributed by atoms with Gasteiger partial charge in [-0.3, -0.25) is 0 Å². The van der Waals surface area contributed by atoms with Crippen LogP contribution in [0, 0.1) is 0 Å². The summed E-state index contributed by atoms with van der Waals surface area (Å²) in [5.41, 5.74) is 2.25. The third kappa shape index (κ3) is 3.76. The number of anilines is 1. The predicted molar refractivity (Wildman–Crippen MR) is 86.2 cm³/mol. The Balaban J connectivity index is 2.31. The van der Waals surface area contributed by atoms with E-state index in [0.717, 1.165) is 12.2 Å². The summed E-state index contributed by atoms with van der Waals surface area (Å²) >= 11 is 6.07. The summed E-state index contributed by atoms with van der Waals surface area (Å²) in [5, 5.41) is 9.30. The molecule has 0 aliphatic rings. The van der Waals surface area contributed by atoms with Crippen LogP contribution in [0.3, 0.4) is 0 Å². The zero-order valence-corrected chi connectivity index (χ0v) is 12.8. The summed E-state index contributed by atoms with van der Waals surface area (Å²) < 4.78 is 0. The van der Waals surface area contributed by atoms with Gasteiger partial charge in [0.05, 0.1) is 10.6 Å². The Bertz CT molecular complexity index is 626. The van der Waals surface area contributed by atoms with Gasteiger partial charge < -0.3 is 10.0 Å². The normalized spacial score (nSPS) is 10.7. The van der Waals surface area contributed by atoms with E-state index in [-0.39, 0.29) is 16.6 Å². The van der Waals surface area contributed by atoms with Gasteiger partial charge in [0.1, 0.15) is 0 Å². The second-order valence-electron chi connectivity index (χ2n) is 5.18. The number of aromatic carboxylic acids is 1. The molecule has 3 nitrogen and oxygen atoms in total. The number of rotatable bonds is 5. The average Bonchev–Trinajstić information content (AvgIpc) is 2.45. The minimum absolute atomic E-state index is 0.129. The van der Waals surface area contributed by atoms with Crippen LogP contribution in [-0.4, -0.2) is 17.1 Å². The molecule has 4 heteroatoms. The molecule has 0 aliphatic carbocycles. The van der Waals surface area contributed by atoms with Crippen molar-refractivity contribution in [2.75, 3.05) is 4.90 Å². The van der Waals surface area contributed by atoms with Gasteiger partial charge in [-0.1, -0.05) is 41.9 Å². The van der Waals surface area contributed by atoms with Gasteiger partial charge in [0.25, 0.3) is 0 Å². The molecule has 0 fully saturated rings. The van der Waals surface area contributed by atoms with Crippen LogP contribution in [0.15, 0.2) is 48.5 Å². The van der Waals surface area contributed by atoms with Crippen LogP contribution < -0.4 is 4.90 Å². The average molecular weight is 304 g/mol. The molecule has 0 aliphatic heterocycles. The minimum atomic E-state index is -1.01. The maximum Gasteiger partial charge on any atom is 0.337 e. The summed E-state index contributed by atoms with van der Waals surface area (Å²) in [5.74, 6) is -1.01. The first kappa shape index (κ1) is 15.4. The summed E-state index contributed by atoms with van der Waals surface area (Å²) in [6.45, 7) is 4.95. The Hall–Kier alpha value is -2.00. The van der Waals surface area contributed by atoms with Gasteiger partial charge in [0.2, 0.25) is 0 Å². The van der Waals surface area contributed by atoms with Crippen LogP contribution in [0.5, 0.6) is 0 Å². The molecule has 2 aromatic carbocycles. The number of hydrogen-bond donors (Lipinski definition) is 1. The summed E-state index contributed by atoms with van der Waals surface area (Å²) in [4.78, 5) is 13.2. The van der Waals surface area contributed by atoms with Crippen LogP contribution in [-0.2, 0) is 6.54 Å². The van der Waals surface area contributed by atoms with Crippen LogP contribution in [0.25, 0.3) is 0 Å². The molecule has 0 bridgehead atoms. The molecule has 0 atom stereocenters. The van der Waals surface area contributed by atoms with Gasteiger partial charge in [0, 0.05) is 18.3 Å². The molecule has 0 spiro atoms. The van der Waals surface area contributed by atoms with Crippen LogP contribution in [0.2, 0.25) is 5.02 Å². The van der Waals surface area contributed by atoms with Crippen molar-refractivity contribution in [2.24, 2.45) is 0 Å². The number of carboxylic acid groups (broad SMARTS) is 1. The second-order valence-corrected chi connectivity index (χ2v) is 5.58.